The van der Waals surface area contributed by atoms with Crippen LogP contribution in [0.15, 0.2) is 60.8 Å². The summed E-state index contributed by atoms with van der Waals surface area (Å²) in [6, 6.07) is 0. The second kappa shape index (κ2) is 64.6. The quantitative estimate of drug-likeness (QED) is 0.0261. The molecule has 0 aromatic rings. The van der Waals surface area contributed by atoms with Crippen molar-refractivity contribution in [1.82, 2.24) is 0 Å². The Kier molecular flexibility index (Phi) is 62.2. The van der Waals surface area contributed by atoms with Crippen molar-refractivity contribution in [3.63, 3.8) is 0 Å². The van der Waals surface area contributed by atoms with E-state index < -0.39 is 6.10 Å². The molecule has 0 aromatic carbocycles. The van der Waals surface area contributed by atoms with Gasteiger partial charge in [-0.15, -0.1) is 0 Å². The van der Waals surface area contributed by atoms with Crippen molar-refractivity contribution in [2.45, 2.75) is 354 Å². The summed E-state index contributed by atoms with van der Waals surface area (Å²) in [5.41, 5.74) is 0. The van der Waals surface area contributed by atoms with Gasteiger partial charge in [0.15, 0.2) is 6.10 Å². The molecule has 0 heterocycles. The molecule has 76 heavy (non-hydrogen) atoms. The van der Waals surface area contributed by atoms with E-state index in [-0.39, 0.29) is 31.1 Å². The van der Waals surface area contributed by atoms with Gasteiger partial charge in [0.1, 0.15) is 13.2 Å². The lowest BCUT2D eigenvalue weighted by Gasteiger charge is -2.18. The Morgan fingerprint density at radius 1 is 0.276 bits per heavy atom. The van der Waals surface area contributed by atoms with Gasteiger partial charge in [-0.3, -0.25) is 14.4 Å². The van der Waals surface area contributed by atoms with Crippen LogP contribution in [0.2, 0.25) is 0 Å². The van der Waals surface area contributed by atoms with Crippen LogP contribution in [0.25, 0.3) is 0 Å². The molecule has 1 unspecified atom stereocenters. The van der Waals surface area contributed by atoms with E-state index in [1.807, 2.05) is 0 Å². The fourth-order valence-electron chi connectivity index (χ4n) is 9.79. The van der Waals surface area contributed by atoms with Gasteiger partial charge >= 0.3 is 17.9 Å². The topological polar surface area (TPSA) is 78.9 Å². The molecule has 0 spiro atoms. The molecule has 0 aromatic heterocycles. The summed E-state index contributed by atoms with van der Waals surface area (Å²) in [6.45, 7) is 6.53. The minimum atomic E-state index is -0.783. The fraction of sp³-hybridized carbons (Fsp3) is 0.814. The third-order valence-corrected chi connectivity index (χ3v) is 14.8. The Balaban J connectivity index is 4.13. The number of carbonyl (C=O) groups is 3. The van der Waals surface area contributed by atoms with Gasteiger partial charge in [-0.2, -0.15) is 0 Å². The van der Waals surface area contributed by atoms with Crippen molar-refractivity contribution >= 4 is 17.9 Å². The molecular formula is C70H126O6. The van der Waals surface area contributed by atoms with E-state index in [1.54, 1.807) is 0 Å². The molecule has 0 radical (unpaired) electrons. The first-order valence-corrected chi connectivity index (χ1v) is 33.3. The minimum Gasteiger partial charge on any atom is -0.462 e. The first kappa shape index (κ1) is 73.1. The van der Waals surface area contributed by atoms with Crippen LogP contribution in [0.1, 0.15) is 348 Å². The summed E-state index contributed by atoms with van der Waals surface area (Å²) in [5, 5.41) is 0. The zero-order valence-electron chi connectivity index (χ0n) is 50.8. The maximum Gasteiger partial charge on any atom is 0.306 e. The van der Waals surface area contributed by atoms with Crippen molar-refractivity contribution in [3.8, 4) is 0 Å². The first-order valence-electron chi connectivity index (χ1n) is 33.3. The molecule has 0 aliphatic rings. The van der Waals surface area contributed by atoms with E-state index in [2.05, 4.69) is 81.5 Å². The second-order valence-corrected chi connectivity index (χ2v) is 22.4. The van der Waals surface area contributed by atoms with Crippen LogP contribution in [0.3, 0.4) is 0 Å². The lowest BCUT2D eigenvalue weighted by atomic mass is 10.0. The zero-order valence-corrected chi connectivity index (χ0v) is 50.8. The van der Waals surface area contributed by atoms with Gasteiger partial charge in [0.2, 0.25) is 0 Å². The molecule has 0 fully saturated rings. The summed E-state index contributed by atoms with van der Waals surface area (Å²) >= 11 is 0. The van der Waals surface area contributed by atoms with E-state index in [4.69, 9.17) is 14.2 Å². The third-order valence-electron chi connectivity index (χ3n) is 14.8. The van der Waals surface area contributed by atoms with E-state index in [0.717, 1.165) is 89.9 Å². The fourth-order valence-corrected chi connectivity index (χ4v) is 9.79. The number of unbranched alkanes of at least 4 members (excludes halogenated alkanes) is 40. The monoisotopic (exact) mass is 1060 g/mol. The van der Waals surface area contributed by atoms with Crippen LogP contribution in [0.4, 0.5) is 0 Å². The third kappa shape index (κ3) is 62.0. The molecule has 1 atom stereocenters. The SMILES string of the molecule is CC/C=C\C/C=C\C/C=C\CCCCCC(=O)OCC(COC(=O)CCCCCCCCCCCCCCCCCCCCC/C=C\C/C=C\CCCCCCC)OC(=O)CCCCCCCCCCCCCCCC. The van der Waals surface area contributed by atoms with Gasteiger partial charge in [-0.1, -0.05) is 306 Å². The van der Waals surface area contributed by atoms with E-state index in [1.165, 1.54) is 218 Å². The number of hydrogen-bond acceptors (Lipinski definition) is 6. The number of rotatable bonds is 61. The predicted molar refractivity (Wildman–Crippen MR) is 330 cm³/mol. The number of esters is 3. The van der Waals surface area contributed by atoms with Gasteiger partial charge in [0.25, 0.3) is 0 Å². The van der Waals surface area contributed by atoms with Crippen LogP contribution >= 0.6 is 0 Å². The number of ether oxygens (including phenoxy) is 3. The predicted octanol–water partition coefficient (Wildman–Crippen LogP) is 22.7. The van der Waals surface area contributed by atoms with Gasteiger partial charge in [0, 0.05) is 19.3 Å². The molecule has 0 rings (SSSR count). The highest BCUT2D eigenvalue weighted by Crippen LogP contribution is 2.18. The van der Waals surface area contributed by atoms with E-state index >= 15 is 0 Å². The zero-order chi connectivity index (χ0) is 55.0. The highest BCUT2D eigenvalue weighted by molar-refractivity contribution is 5.71. The molecule has 0 bridgehead atoms. The normalized spacial score (nSPS) is 12.4. The Morgan fingerprint density at radius 3 is 0.816 bits per heavy atom. The molecule has 0 amide bonds. The van der Waals surface area contributed by atoms with Crippen molar-refractivity contribution in [2.75, 3.05) is 13.2 Å². The van der Waals surface area contributed by atoms with Crippen LogP contribution in [0, 0.1) is 0 Å². The summed E-state index contributed by atoms with van der Waals surface area (Å²) in [7, 11) is 0. The summed E-state index contributed by atoms with van der Waals surface area (Å²) < 4.78 is 16.9. The number of carbonyl (C=O) groups excluding carboxylic acids is 3. The van der Waals surface area contributed by atoms with Crippen LogP contribution in [-0.2, 0) is 28.6 Å². The lowest BCUT2D eigenvalue weighted by molar-refractivity contribution is -0.167. The smallest absolute Gasteiger partial charge is 0.306 e. The van der Waals surface area contributed by atoms with Crippen molar-refractivity contribution in [3.05, 3.63) is 60.8 Å². The Hall–Kier alpha value is -2.89. The van der Waals surface area contributed by atoms with Gasteiger partial charge in [-0.05, 0) is 83.5 Å². The average molecular weight is 1060 g/mol. The van der Waals surface area contributed by atoms with Crippen molar-refractivity contribution in [2.24, 2.45) is 0 Å². The highest BCUT2D eigenvalue weighted by atomic mass is 16.6. The Morgan fingerprint density at radius 2 is 0.513 bits per heavy atom. The molecule has 0 saturated carbocycles. The second-order valence-electron chi connectivity index (χ2n) is 22.4. The minimum absolute atomic E-state index is 0.0790. The highest BCUT2D eigenvalue weighted by Gasteiger charge is 2.19. The summed E-state index contributed by atoms with van der Waals surface area (Å²) in [5.74, 6) is -0.890. The molecule has 6 nitrogen and oxygen atoms in total. The standard InChI is InChI=1S/C70H126O6/c1-4-7-10-13-16-19-22-25-27-28-29-30-31-32-33-34-35-36-37-38-39-40-41-42-43-46-48-51-54-57-60-63-69(72)75-66-67(65-74-68(71)62-59-56-53-50-47-44-24-21-18-15-12-9-6-3)76-70(73)64-61-58-55-52-49-45-26-23-20-17-14-11-8-5-2/h9,12,18,21-22,25,28-29,44,47,67H,4-8,10-11,13-17,19-20,23-24,26-27,30-43,45-46,48-66H2,1-3H3/b12-9-,21-18-,25-22-,29-28-,47-44-. The first-order chi connectivity index (χ1) is 37.5. The van der Waals surface area contributed by atoms with Crippen LogP contribution < -0.4 is 0 Å². The molecular weight excluding hydrogens is 937 g/mol. The molecule has 0 aliphatic carbocycles. The van der Waals surface area contributed by atoms with Crippen molar-refractivity contribution < 1.29 is 28.6 Å². The molecule has 6 heteroatoms. The maximum absolute atomic E-state index is 12.9. The number of hydrogen-bond donors (Lipinski definition) is 0. The Bertz CT molecular complexity index is 1360. The van der Waals surface area contributed by atoms with Gasteiger partial charge in [0.05, 0.1) is 0 Å². The van der Waals surface area contributed by atoms with Crippen molar-refractivity contribution in [1.29, 1.82) is 0 Å². The molecule has 0 saturated heterocycles. The molecule has 0 N–H and O–H groups in total. The summed E-state index contributed by atoms with van der Waals surface area (Å²) in [6.07, 6.45) is 82.6. The van der Waals surface area contributed by atoms with Gasteiger partial charge < -0.3 is 14.2 Å². The maximum atomic E-state index is 12.9. The summed E-state index contributed by atoms with van der Waals surface area (Å²) in [4.78, 5) is 38.2. The Labute approximate surface area is 472 Å². The molecule has 0 aliphatic heterocycles. The van der Waals surface area contributed by atoms with E-state index in [9.17, 15) is 14.4 Å². The largest absolute Gasteiger partial charge is 0.462 e. The van der Waals surface area contributed by atoms with Gasteiger partial charge in [-0.25, -0.2) is 0 Å². The number of allylic oxidation sites excluding steroid dienone is 10. The average Bonchev–Trinajstić information content (AvgIpc) is 3.42. The molecule has 442 valence electrons. The van der Waals surface area contributed by atoms with Crippen LogP contribution in [0.5, 0.6) is 0 Å². The van der Waals surface area contributed by atoms with E-state index in [0.29, 0.717) is 19.3 Å². The lowest BCUT2D eigenvalue weighted by Crippen LogP contribution is -2.30. The van der Waals surface area contributed by atoms with Crippen LogP contribution in [-0.4, -0.2) is 37.2 Å².